The number of aliphatic hydroxyl groups excluding tert-OH is 1. The Hall–Kier alpha value is -0.910. The van der Waals surface area contributed by atoms with Crippen molar-refractivity contribution in [2.75, 3.05) is 12.4 Å². The van der Waals surface area contributed by atoms with E-state index in [9.17, 15) is 9.90 Å². The molecule has 0 aliphatic heterocycles. The molecule has 1 amide bonds. The van der Waals surface area contributed by atoms with Crippen molar-refractivity contribution >= 4 is 22.2 Å². The van der Waals surface area contributed by atoms with Crippen LogP contribution in [-0.2, 0) is 9.53 Å². The third-order valence-corrected chi connectivity index (χ3v) is 4.23. The number of rotatable bonds is 4. The summed E-state index contributed by atoms with van der Waals surface area (Å²) < 4.78 is 4.94. The first-order chi connectivity index (χ1) is 8.04. The standard InChI is InChI=1S/C12H17NO3S/c1-6-7(2)17-11(9(6)12(15)16-3)13-10(14)8-4-5-8/h8,12,15H,4-5H2,1-3H3,(H,13,14). The molecule has 4 nitrogen and oxygen atoms in total. The normalized spacial score (nSPS) is 16.9. The van der Waals surface area contributed by atoms with Crippen molar-refractivity contribution in [3.63, 3.8) is 0 Å². The minimum absolute atomic E-state index is 0.0517. The van der Waals surface area contributed by atoms with E-state index in [0.717, 1.165) is 23.3 Å². The fourth-order valence-corrected chi connectivity index (χ4v) is 2.80. The topological polar surface area (TPSA) is 58.6 Å². The Labute approximate surface area is 105 Å². The molecule has 1 unspecified atom stereocenters. The highest BCUT2D eigenvalue weighted by molar-refractivity contribution is 7.16. The first-order valence-corrected chi connectivity index (χ1v) is 6.47. The van der Waals surface area contributed by atoms with Gasteiger partial charge in [-0.25, -0.2) is 0 Å². The van der Waals surface area contributed by atoms with Crippen LogP contribution in [0.5, 0.6) is 0 Å². The molecule has 0 saturated heterocycles. The number of methoxy groups -OCH3 is 1. The number of amides is 1. The molecule has 2 N–H and O–H groups in total. The molecule has 1 fully saturated rings. The zero-order valence-electron chi connectivity index (χ0n) is 10.2. The van der Waals surface area contributed by atoms with Crippen molar-refractivity contribution in [3.05, 3.63) is 16.0 Å². The van der Waals surface area contributed by atoms with Gasteiger partial charge < -0.3 is 15.2 Å². The number of ether oxygens (including phenoxy) is 1. The van der Waals surface area contributed by atoms with Crippen LogP contribution < -0.4 is 5.32 Å². The van der Waals surface area contributed by atoms with Gasteiger partial charge in [0.25, 0.3) is 0 Å². The first-order valence-electron chi connectivity index (χ1n) is 5.66. The summed E-state index contributed by atoms with van der Waals surface area (Å²) in [5.74, 6) is 0.209. The number of aliphatic hydroxyl groups is 1. The number of anilines is 1. The second kappa shape index (κ2) is 4.76. The summed E-state index contributed by atoms with van der Waals surface area (Å²) in [6.45, 7) is 3.90. The lowest BCUT2D eigenvalue weighted by Crippen LogP contribution is -2.14. The van der Waals surface area contributed by atoms with Crippen molar-refractivity contribution in [1.82, 2.24) is 0 Å². The van der Waals surface area contributed by atoms with Crippen LogP contribution in [0.3, 0.4) is 0 Å². The quantitative estimate of drug-likeness (QED) is 0.812. The van der Waals surface area contributed by atoms with E-state index >= 15 is 0 Å². The van der Waals surface area contributed by atoms with E-state index in [-0.39, 0.29) is 11.8 Å². The van der Waals surface area contributed by atoms with E-state index in [4.69, 9.17) is 4.74 Å². The highest BCUT2D eigenvalue weighted by Gasteiger charge is 2.31. The molecule has 2 rings (SSSR count). The lowest BCUT2D eigenvalue weighted by Gasteiger charge is -2.12. The number of aryl methyl sites for hydroxylation is 1. The average Bonchev–Trinajstić information content (AvgIpc) is 3.08. The van der Waals surface area contributed by atoms with Gasteiger partial charge in [0.2, 0.25) is 5.91 Å². The zero-order chi connectivity index (χ0) is 12.6. The van der Waals surface area contributed by atoms with Gasteiger partial charge in [0.1, 0.15) is 5.00 Å². The molecule has 1 atom stereocenters. The summed E-state index contributed by atoms with van der Waals surface area (Å²) >= 11 is 1.49. The Morgan fingerprint density at radius 2 is 2.18 bits per heavy atom. The Balaban J connectivity index is 2.25. The van der Waals surface area contributed by atoms with E-state index in [1.165, 1.54) is 18.4 Å². The second-order valence-corrected chi connectivity index (χ2v) is 5.60. The molecular formula is C12H17NO3S. The molecule has 1 aromatic rings. The van der Waals surface area contributed by atoms with E-state index in [1.807, 2.05) is 13.8 Å². The minimum Gasteiger partial charge on any atom is -0.364 e. The van der Waals surface area contributed by atoms with Gasteiger partial charge in [0.15, 0.2) is 6.29 Å². The largest absolute Gasteiger partial charge is 0.364 e. The van der Waals surface area contributed by atoms with E-state index in [1.54, 1.807) is 0 Å². The van der Waals surface area contributed by atoms with Crippen molar-refractivity contribution in [2.45, 2.75) is 33.0 Å². The lowest BCUT2D eigenvalue weighted by atomic mass is 10.1. The van der Waals surface area contributed by atoms with E-state index in [2.05, 4.69) is 5.32 Å². The van der Waals surface area contributed by atoms with Gasteiger partial charge in [-0.05, 0) is 32.3 Å². The zero-order valence-corrected chi connectivity index (χ0v) is 11.1. The van der Waals surface area contributed by atoms with Crippen LogP contribution in [0.25, 0.3) is 0 Å². The Morgan fingerprint density at radius 3 is 2.71 bits per heavy atom. The van der Waals surface area contributed by atoms with Crippen LogP contribution in [0.15, 0.2) is 0 Å². The van der Waals surface area contributed by atoms with E-state index < -0.39 is 6.29 Å². The second-order valence-electron chi connectivity index (χ2n) is 4.38. The number of carbonyl (C=O) groups excluding carboxylic acids is 1. The molecule has 1 heterocycles. The van der Waals surface area contributed by atoms with Gasteiger partial charge in [0, 0.05) is 23.5 Å². The van der Waals surface area contributed by atoms with Crippen LogP contribution in [0.4, 0.5) is 5.00 Å². The molecule has 94 valence electrons. The van der Waals surface area contributed by atoms with Crippen LogP contribution in [0.1, 0.15) is 35.1 Å². The fourth-order valence-electron chi connectivity index (χ4n) is 1.71. The minimum atomic E-state index is -0.977. The predicted octanol–water partition coefficient (Wildman–Crippen LogP) is 2.35. The van der Waals surface area contributed by atoms with Gasteiger partial charge in [-0.15, -0.1) is 11.3 Å². The number of hydrogen-bond acceptors (Lipinski definition) is 4. The van der Waals surface area contributed by atoms with Gasteiger partial charge in [-0.3, -0.25) is 4.79 Å². The molecular weight excluding hydrogens is 238 g/mol. The smallest absolute Gasteiger partial charge is 0.228 e. The maximum atomic E-state index is 11.7. The molecule has 0 radical (unpaired) electrons. The molecule has 1 aromatic heterocycles. The number of thiophene rings is 1. The fraction of sp³-hybridized carbons (Fsp3) is 0.583. The van der Waals surface area contributed by atoms with Gasteiger partial charge in [-0.1, -0.05) is 0 Å². The Morgan fingerprint density at radius 1 is 1.53 bits per heavy atom. The summed E-state index contributed by atoms with van der Waals surface area (Å²) in [5, 5.41) is 13.4. The van der Waals surface area contributed by atoms with Gasteiger partial charge >= 0.3 is 0 Å². The van der Waals surface area contributed by atoms with E-state index in [0.29, 0.717) is 10.6 Å². The van der Waals surface area contributed by atoms with Crippen LogP contribution in [-0.4, -0.2) is 18.1 Å². The molecule has 1 aliphatic carbocycles. The van der Waals surface area contributed by atoms with Crippen molar-refractivity contribution in [2.24, 2.45) is 5.92 Å². The van der Waals surface area contributed by atoms with Crippen LogP contribution in [0.2, 0.25) is 0 Å². The lowest BCUT2D eigenvalue weighted by molar-refractivity contribution is -0.117. The molecule has 17 heavy (non-hydrogen) atoms. The third-order valence-electron chi connectivity index (χ3n) is 3.09. The molecule has 0 bridgehead atoms. The van der Waals surface area contributed by atoms with Gasteiger partial charge in [-0.2, -0.15) is 0 Å². The number of nitrogens with one attached hydrogen (secondary N) is 1. The molecule has 1 saturated carbocycles. The van der Waals surface area contributed by atoms with Crippen molar-refractivity contribution < 1.29 is 14.6 Å². The molecule has 5 heteroatoms. The maximum absolute atomic E-state index is 11.7. The first kappa shape index (κ1) is 12.5. The third kappa shape index (κ3) is 2.51. The summed E-state index contributed by atoms with van der Waals surface area (Å²) in [4.78, 5) is 12.8. The summed E-state index contributed by atoms with van der Waals surface area (Å²) in [6, 6.07) is 0. The van der Waals surface area contributed by atoms with Crippen molar-refractivity contribution in [3.8, 4) is 0 Å². The van der Waals surface area contributed by atoms with Gasteiger partial charge in [0.05, 0.1) is 0 Å². The Kier molecular flexibility index (Phi) is 3.51. The van der Waals surface area contributed by atoms with Crippen LogP contribution in [0, 0.1) is 19.8 Å². The highest BCUT2D eigenvalue weighted by Crippen LogP contribution is 2.38. The Bertz CT molecular complexity index is 437. The average molecular weight is 255 g/mol. The monoisotopic (exact) mass is 255 g/mol. The molecule has 0 spiro atoms. The molecule has 1 aliphatic rings. The maximum Gasteiger partial charge on any atom is 0.228 e. The summed E-state index contributed by atoms with van der Waals surface area (Å²) in [7, 11) is 1.45. The number of carbonyl (C=O) groups is 1. The van der Waals surface area contributed by atoms with Crippen LogP contribution >= 0.6 is 11.3 Å². The van der Waals surface area contributed by atoms with Crippen molar-refractivity contribution in [1.29, 1.82) is 0 Å². The summed E-state index contributed by atoms with van der Waals surface area (Å²) in [5.41, 5.74) is 1.67. The predicted molar refractivity (Wildman–Crippen MR) is 67.1 cm³/mol. The molecule has 0 aromatic carbocycles. The highest BCUT2D eigenvalue weighted by atomic mass is 32.1. The SMILES string of the molecule is COC(O)c1c(NC(=O)C2CC2)sc(C)c1C. The number of hydrogen-bond donors (Lipinski definition) is 2. The summed E-state index contributed by atoms with van der Waals surface area (Å²) in [6.07, 6.45) is 0.962.